The van der Waals surface area contributed by atoms with Crippen LogP contribution < -0.4 is 5.32 Å². The third kappa shape index (κ3) is 4.69. The summed E-state index contributed by atoms with van der Waals surface area (Å²) in [6, 6.07) is 6.72. The zero-order valence-electron chi connectivity index (χ0n) is 15.3. The number of hydrogen-bond donors (Lipinski definition) is 1. The molecule has 24 heavy (non-hydrogen) atoms. The maximum atomic E-state index is 13.9. The summed E-state index contributed by atoms with van der Waals surface area (Å²) < 4.78 is 13.9. The summed E-state index contributed by atoms with van der Waals surface area (Å²) in [7, 11) is 1.72. The number of carbonyl (C=O) groups is 1. The molecule has 0 spiro atoms. The molecule has 5 heteroatoms. The van der Waals surface area contributed by atoms with Crippen molar-refractivity contribution < 1.29 is 9.18 Å². The smallest absolute Gasteiger partial charge is 0.317 e. The van der Waals surface area contributed by atoms with Gasteiger partial charge in [-0.2, -0.15) is 0 Å². The number of nitrogens with zero attached hydrogens (tertiary/aromatic N) is 2. The van der Waals surface area contributed by atoms with Gasteiger partial charge in [0.1, 0.15) is 5.82 Å². The van der Waals surface area contributed by atoms with Crippen LogP contribution in [0, 0.1) is 11.7 Å². The van der Waals surface area contributed by atoms with Crippen molar-refractivity contribution in [3.63, 3.8) is 0 Å². The first-order chi connectivity index (χ1) is 11.4. The first kappa shape index (κ1) is 18.7. The van der Waals surface area contributed by atoms with Crippen molar-refractivity contribution in [3.8, 4) is 0 Å². The van der Waals surface area contributed by atoms with Crippen molar-refractivity contribution in [2.24, 2.45) is 5.92 Å². The van der Waals surface area contributed by atoms with Crippen LogP contribution in [-0.4, -0.2) is 48.6 Å². The minimum atomic E-state index is -0.301. The fourth-order valence-corrected chi connectivity index (χ4v) is 3.29. The number of benzene rings is 1. The van der Waals surface area contributed by atoms with E-state index in [4.69, 9.17) is 0 Å². The molecule has 1 aliphatic heterocycles. The van der Waals surface area contributed by atoms with E-state index in [0.717, 1.165) is 19.5 Å². The van der Waals surface area contributed by atoms with Gasteiger partial charge >= 0.3 is 6.03 Å². The van der Waals surface area contributed by atoms with Gasteiger partial charge in [-0.3, -0.25) is 0 Å². The van der Waals surface area contributed by atoms with Gasteiger partial charge in [-0.25, -0.2) is 9.18 Å². The predicted octanol–water partition coefficient (Wildman–Crippen LogP) is 3.65. The van der Waals surface area contributed by atoms with E-state index in [1.807, 2.05) is 6.92 Å². The van der Waals surface area contributed by atoms with Crippen LogP contribution >= 0.6 is 0 Å². The maximum absolute atomic E-state index is 13.9. The van der Waals surface area contributed by atoms with Crippen molar-refractivity contribution in [1.29, 1.82) is 0 Å². The molecular formula is C19H30FN3O. The van der Waals surface area contributed by atoms with E-state index in [1.54, 1.807) is 30.1 Å². The van der Waals surface area contributed by atoms with Crippen LogP contribution in [0.15, 0.2) is 24.3 Å². The van der Waals surface area contributed by atoms with Gasteiger partial charge in [-0.15, -0.1) is 0 Å². The normalized spacial score (nSPS) is 20.0. The number of hydrogen-bond acceptors (Lipinski definition) is 2. The third-order valence-electron chi connectivity index (χ3n) is 5.08. The molecule has 4 nitrogen and oxygen atoms in total. The van der Waals surface area contributed by atoms with Gasteiger partial charge in [0.2, 0.25) is 0 Å². The largest absolute Gasteiger partial charge is 0.338 e. The van der Waals surface area contributed by atoms with Gasteiger partial charge in [0.15, 0.2) is 0 Å². The summed E-state index contributed by atoms with van der Waals surface area (Å²) >= 11 is 0. The lowest BCUT2D eigenvalue weighted by Gasteiger charge is -2.36. The highest BCUT2D eigenvalue weighted by atomic mass is 19.1. The predicted molar refractivity (Wildman–Crippen MR) is 95.4 cm³/mol. The second kappa shape index (κ2) is 8.47. The van der Waals surface area contributed by atoms with Crippen molar-refractivity contribution in [2.75, 3.05) is 26.7 Å². The molecule has 1 saturated heterocycles. The molecule has 1 aromatic carbocycles. The van der Waals surface area contributed by atoms with Gasteiger partial charge < -0.3 is 15.1 Å². The fourth-order valence-electron chi connectivity index (χ4n) is 3.29. The molecule has 2 atom stereocenters. The number of carbonyl (C=O) groups excluding carboxylic acids is 1. The van der Waals surface area contributed by atoms with Crippen molar-refractivity contribution in [1.82, 2.24) is 15.1 Å². The average molecular weight is 335 g/mol. The SMILES string of the molecule is CC(C)N1CCC[C@H](CNC(=O)N(C)[C@@H](C)c2ccccc2F)C1. The van der Waals surface area contributed by atoms with E-state index < -0.39 is 0 Å². The number of halogens is 1. The quantitative estimate of drug-likeness (QED) is 0.891. The molecule has 0 radical (unpaired) electrons. The highest BCUT2D eigenvalue weighted by Crippen LogP contribution is 2.22. The van der Waals surface area contributed by atoms with E-state index >= 15 is 0 Å². The Hall–Kier alpha value is -1.62. The van der Waals surface area contributed by atoms with Crippen molar-refractivity contribution >= 4 is 6.03 Å². The Kier molecular flexibility index (Phi) is 6.60. The molecule has 1 fully saturated rings. The zero-order chi connectivity index (χ0) is 17.7. The Bertz CT molecular complexity index is 549. The van der Waals surface area contributed by atoms with Crippen LogP contribution in [0.1, 0.15) is 45.2 Å². The Morgan fingerprint density at radius 3 is 2.75 bits per heavy atom. The van der Waals surface area contributed by atoms with Crippen molar-refractivity contribution in [2.45, 2.75) is 45.7 Å². The summed E-state index contributed by atoms with van der Waals surface area (Å²) in [6.07, 6.45) is 2.33. The molecule has 0 aliphatic carbocycles. The summed E-state index contributed by atoms with van der Waals surface area (Å²) in [6.45, 7) is 9.13. The number of rotatable bonds is 5. The van der Waals surface area contributed by atoms with E-state index in [9.17, 15) is 9.18 Å². The van der Waals surface area contributed by atoms with Crippen molar-refractivity contribution in [3.05, 3.63) is 35.6 Å². The monoisotopic (exact) mass is 335 g/mol. The number of likely N-dealkylation sites (tertiary alicyclic amines) is 1. The molecule has 2 rings (SSSR count). The molecule has 1 heterocycles. The molecule has 0 saturated carbocycles. The molecule has 134 valence electrons. The third-order valence-corrected chi connectivity index (χ3v) is 5.08. The van der Waals surface area contributed by atoms with Crippen LogP contribution in [0.2, 0.25) is 0 Å². The molecule has 2 amide bonds. The molecule has 0 unspecified atom stereocenters. The van der Waals surface area contributed by atoms with E-state index in [0.29, 0.717) is 24.1 Å². The minimum absolute atomic E-state index is 0.146. The Labute approximate surface area is 145 Å². The van der Waals surface area contributed by atoms with E-state index in [2.05, 4.69) is 24.1 Å². The maximum Gasteiger partial charge on any atom is 0.317 e. The number of urea groups is 1. The Balaban J connectivity index is 1.86. The van der Waals surface area contributed by atoms with Crippen LogP contribution in [0.25, 0.3) is 0 Å². The summed E-state index contributed by atoms with van der Waals surface area (Å²) in [5, 5.41) is 3.02. The second-order valence-electron chi connectivity index (χ2n) is 7.09. The van der Waals surface area contributed by atoms with Gasteiger partial charge in [-0.05, 0) is 52.1 Å². The first-order valence-corrected chi connectivity index (χ1v) is 8.89. The van der Waals surface area contributed by atoms with Crippen LogP contribution in [0.4, 0.5) is 9.18 Å². The second-order valence-corrected chi connectivity index (χ2v) is 7.09. The number of piperidine rings is 1. The van der Waals surface area contributed by atoms with E-state index in [-0.39, 0.29) is 17.9 Å². The molecular weight excluding hydrogens is 305 g/mol. The Morgan fingerprint density at radius 2 is 2.08 bits per heavy atom. The lowest BCUT2D eigenvalue weighted by atomic mass is 9.97. The summed E-state index contributed by atoms with van der Waals surface area (Å²) in [5.74, 6) is 0.215. The van der Waals surface area contributed by atoms with Gasteiger partial charge in [0.25, 0.3) is 0 Å². The summed E-state index contributed by atoms with van der Waals surface area (Å²) in [4.78, 5) is 16.4. The number of nitrogens with one attached hydrogen (secondary N) is 1. The molecule has 0 aromatic heterocycles. The van der Waals surface area contributed by atoms with Crippen LogP contribution in [0.3, 0.4) is 0 Å². The molecule has 0 bridgehead atoms. The molecule has 1 aliphatic rings. The van der Waals surface area contributed by atoms with Crippen LogP contribution in [-0.2, 0) is 0 Å². The first-order valence-electron chi connectivity index (χ1n) is 8.89. The fraction of sp³-hybridized carbons (Fsp3) is 0.632. The van der Waals surface area contributed by atoms with E-state index in [1.165, 1.54) is 12.5 Å². The lowest BCUT2D eigenvalue weighted by molar-refractivity contribution is 0.136. The zero-order valence-corrected chi connectivity index (χ0v) is 15.3. The topological polar surface area (TPSA) is 35.6 Å². The molecule has 1 aromatic rings. The van der Waals surface area contributed by atoms with Gasteiger partial charge in [-0.1, -0.05) is 18.2 Å². The Morgan fingerprint density at radius 1 is 1.38 bits per heavy atom. The van der Waals surface area contributed by atoms with Gasteiger partial charge in [0.05, 0.1) is 6.04 Å². The minimum Gasteiger partial charge on any atom is -0.338 e. The highest BCUT2D eigenvalue weighted by molar-refractivity contribution is 5.74. The average Bonchev–Trinajstić information content (AvgIpc) is 2.59. The standard InChI is InChI=1S/C19H30FN3O/c1-14(2)23-11-7-8-16(13-23)12-21-19(24)22(4)15(3)17-9-5-6-10-18(17)20/h5-6,9-10,14-16H,7-8,11-13H2,1-4H3,(H,21,24)/t15-,16+/m0/s1. The highest BCUT2D eigenvalue weighted by Gasteiger charge is 2.24. The lowest BCUT2D eigenvalue weighted by Crippen LogP contribution is -2.46. The van der Waals surface area contributed by atoms with Gasteiger partial charge in [0, 0.05) is 31.7 Å². The van der Waals surface area contributed by atoms with Crippen LogP contribution in [0.5, 0.6) is 0 Å². The number of amides is 2. The molecule has 1 N–H and O–H groups in total. The summed E-state index contributed by atoms with van der Waals surface area (Å²) in [5.41, 5.74) is 0.541.